The van der Waals surface area contributed by atoms with E-state index in [2.05, 4.69) is 15.6 Å². The van der Waals surface area contributed by atoms with Crippen LogP contribution in [-0.4, -0.2) is 28.5 Å². The number of nitrogens with one attached hydrogen (secondary N) is 2. The maximum absolute atomic E-state index is 12.0. The van der Waals surface area contributed by atoms with Gasteiger partial charge in [-0.2, -0.15) is 4.98 Å². The lowest BCUT2D eigenvalue weighted by Crippen LogP contribution is -2.41. The zero-order chi connectivity index (χ0) is 16.9. The van der Waals surface area contributed by atoms with Gasteiger partial charge in [0.25, 0.3) is 0 Å². The predicted molar refractivity (Wildman–Crippen MR) is 91.9 cm³/mol. The number of hydrogen-bond donors (Lipinski definition) is 3. The van der Waals surface area contributed by atoms with Gasteiger partial charge in [-0.15, -0.1) is 0 Å². The average molecular weight is 327 g/mol. The second-order valence-electron chi connectivity index (χ2n) is 6.12. The summed E-state index contributed by atoms with van der Waals surface area (Å²) in [5, 5.41) is 5.80. The third-order valence-corrected chi connectivity index (χ3v) is 4.26. The van der Waals surface area contributed by atoms with Gasteiger partial charge in [0.05, 0.1) is 5.69 Å². The molecule has 1 saturated carbocycles. The van der Waals surface area contributed by atoms with Crippen LogP contribution in [0.3, 0.4) is 0 Å². The molecule has 24 heavy (non-hydrogen) atoms. The van der Waals surface area contributed by atoms with Crippen LogP contribution in [0.15, 0.2) is 41.3 Å². The molecule has 1 heterocycles. The Bertz CT molecular complexity index is 750. The summed E-state index contributed by atoms with van der Waals surface area (Å²) in [7, 11) is 0. The molecule has 0 unspecified atom stereocenters. The number of carbonyl (C=O) groups excluding carboxylic acids is 1. The van der Waals surface area contributed by atoms with Gasteiger partial charge < -0.3 is 16.4 Å². The smallest absolute Gasteiger partial charge is 0.328 e. The van der Waals surface area contributed by atoms with Gasteiger partial charge in [-0.05, 0) is 49.1 Å². The van der Waals surface area contributed by atoms with E-state index in [0.29, 0.717) is 18.4 Å². The molecule has 0 saturated heterocycles. The molecule has 0 spiro atoms. The molecule has 7 heteroatoms. The number of nitrogens with two attached hydrogens (primary N) is 1. The highest BCUT2D eigenvalue weighted by Crippen LogP contribution is 2.24. The second-order valence-corrected chi connectivity index (χ2v) is 6.12. The zero-order valence-electron chi connectivity index (χ0n) is 13.3. The summed E-state index contributed by atoms with van der Waals surface area (Å²) in [4.78, 5) is 26.2. The van der Waals surface area contributed by atoms with Crippen molar-refractivity contribution in [2.45, 2.75) is 25.4 Å². The zero-order valence-corrected chi connectivity index (χ0v) is 13.3. The number of carbonyl (C=O) groups is 1. The van der Waals surface area contributed by atoms with Crippen molar-refractivity contribution in [3.63, 3.8) is 0 Å². The van der Waals surface area contributed by atoms with E-state index >= 15 is 0 Å². The number of benzene rings is 1. The van der Waals surface area contributed by atoms with Crippen LogP contribution in [0.1, 0.15) is 18.4 Å². The Hall–Kier alpha value is -2.51. The van der Waals surface area contributed by atoms with Crippen molar-refractivity contribution < 1.29 is 4.79 Å². The highest BCUT2D eigenvalue weighted by atomic mass is 16.1. The standard InChI is InChI=1S/C17H21N5O2/c18-14-7-13(8-14)10-19-9-12-1-3-15(4-2-12)22-6-5-16(20-11-23)21-17(22)24/h1-6,11,13-14,19H,7-10,18H2,(H,20,21,23,24). The quantitative estimate of drug-likeness (QED) is 0.647. The van der Waals surface area contributed by atoms with Gasteiger partial charge in [-0.25, -0.2) is 4.79 Å². The largest absolute Gasteiger partial charge is 0.354 e. The minimum Gasteiger partial charge on any atom is -0.328 e. The minimum absolute atomic E-state index is 0.239. The number of nitrogens with zero attached hydrogens (tertiary/aromatic N) is 2. The van der Waals surface area contributed by atoms with Gasteiger partial charge in [0.2, 0.25) is 6.41 Å². The van der Waals surface area contributed by atoms with Crippen LogP contribution in [0.25, 0.3) is 5.69 Å². The SMILES string of the molecule is NC1CC(CNCc2ccc(-n3ccc(NC=O)nc3=O)cc2)C1. The summed E-state index contributed by atoms with van der Waals surface area (Å²) < 4.78 is 1.43. The Kier molecular flexibility index (Phi) is 5.02. The summed E-state index contributed by atoms with van der Waals surface area (Å²) in [5.74, 6) is 0.935. The normalized spacial score (nSPS) is 19.5. The Balaban J connectivity index is 1.59. The Morgan fingerprint density at radius 2 is 2.00 bits per heavy atom. The van der Waals surface area contributed by atoms with E-state index in [1.54, 1.807) is 12.3 Å². The molecule has 0 bridgehead atoms. The lowest BCUT2D eigenvalue weighted by Gasteiger charge is -2.32. The lowest BCUT2D eigenvalue weighted by molar-refractivity contribution is -0.105. The van der Waals surface area contributed by atoms with Crippen molar-refractivity contribution >= 4 is 12.2 Å². The van der Waals surface area contributed by atoms with Crippen molar-refractivity contribution in [2.75, 3.05) is 11.9 Å². The third-order valence-electron chi connectivity index (χ3n) is 4.26. The molecule has 3 rings (SSSR count). The van der Waals surface area contributed by atoms with Gasteiger partial charge in [-0.3, -0.25) is 9.36 Å². The van der Waals surface area contributed by atoms with Crippen LogP contribution in [-0.2, 0) is 11.3 Å². The van der Waals surface area contributed by atoms with Crippen LogP contribution < -0.4 is 22.1 Å². The summed E-state index contributed by atoms with van der Waals surface area (Å²) in [6.07, 6.45) is 4.30. The number of anilines is 1. The van der Waals surface area contributed by atoms with Crippen molar-refractivity contribution in [1.82, 2.24) is 14.9 Å². The molecule has 1 aliphatic rings. The van der Waals surface area contributed by atoms with E-state index in [-0.39, 0.29) is 5.82 Å². The first-order valence-electron chi connectivity index (χ1n) is 8.01. The first-order chi connectivity index (χ1) is 11.7. The molecule has 1 aromatic heterocycles. The molecule has 0 radical (unpaired) electrons. The van der Waals surface area contributed by atoms with E-state index < -0.39 is 5.69 Å². The topological polar surface area (TPSA) is 102 Å². The number of hydrogen-bond acceptors (Lipinski definition) is 5. The highest BCUT2D eigenvalue weighted by Gasteiger charge is 2.24. The van der Waals surface area contributed by atoms with Crippen molar-refractivity contribution in [1.29, 1.82) is 0 Å². The van der Waals surface area contributed by atoms with E-state index in [4.69, 9.17) is 5.73 Å². The molecular formula is C17H21N5O2. The number of amides is 1. The van der Waals surface area contributed by atoms with Gasteiger partial charge in [-0.1, -0.05) is 12.1 Å². The summed E-state index contributed by atoms with van der Waals surface area (Å²) in [6.45, 7) is 1.78. The maximum atomic E-state index is 12.0. The molecule has 4 N–H and O–H groups in total. The molecule has 1 amide bonds. The second kappa shape index (κ2) is 7.37. The first-order valence-corrected chi connectivity index (χ1v) is 8.01. The van der Waals surface area contributed by atoms with Crippen LogP contribution in [0.5, 0.6) is 0 Å². The summed E-state index contributed by atoms with van der Waals surface area (Å²) >= 11 is 0. The minimum atomic E-state index is -0.436. The van der Waals surface area contributed by atoms with Crippen molar-refractivity contribution in [3.8, 4) is 5.69 Å². The van der Waals surface area contributed by atoms with Crippen molar-refractivity contribution in [2.24, 2.45) is 11.7 Å². The molecule has 1 aromatic carbocycles. The fourth-order valence-corrected chi connectivity index (χ4v) is 2.89. The molecule has 0 aliphatic heterocycles. The van der Waals surface area contributed by atoms with E-state index in [9.17, 15) is 9.59 Å². The number of aromatic nitrogens is 2. The fraction of sp³-hybridized carbons (Fsp3) is 0.353. The van der Waals surface area contributed by atoms with Crippen LogP contribution in [0.4, 0.5) is 5.82 Å². The lowest BCUT2D eigenvalue weighted by atomic mass is 9.81. The Labute approximate surface area is 139 Å². The highest BCUT2D eigenvalue weighted by molar-refractivity contribution is 5.68. The summed E-state index contributed by atoms with van der Waals surface area (Å²) in [5.41, 5.74) is 7.23. The molecule has 0 atom stereocenters. The van der Waals surface area contributed by atoms with Gasteiger partial charge in [0.15, 0.2) is 0 Å². The Morgan fingerprint density at radius 3 is 2.62 bits per heavy atom. The van der Waals surface area contributed by atoms with E-state index in [1.807, 2.05) is 24.3 Å². The summed E-state index contributed by atoms with van der Waals surface area (Å²) in [6, 6.07) is 9.70. The molecule has 1 aliphatic carbocycles. The molecule has 2 aromatic rings. The molecule has 1 fully saturated rings. The van der Waals surface area contributed by atoms with Gasteiger partial charge in [0.1, 0.15) is 5.82 Å². The molecule has 126 valence electrons. The van der Waals surface area contributed by atoms with Crippen molar-refractivity contribution in [3.05, 3.63) is 52.6 Å². The fourth-order valence-electron chi connectivity index (χ4n) is 2.89. The first kappa shape index (κ1) is 16.4. The van der Waals surface area contributed by atoms with Crippen LogP contribution in [0, 0.1) is 5.92 Å². The molecular weight excluding hydrogens is 306 g/mol. The molecule has 7 nitrogen and oxygen atoms in total. The maximum Gasteiger partial charge on any atom is 0.354 e. The average Bonchev–Trinajstić information content (AvgIpc) is 2.54. The van der Waals surface area contributed by atoms with E-state index in [1.165, 1.54) is 4.57 Å². The van der Waals surface area contributed by atoms with Gasteiger partial charge >= 0.3 is 5.69 Å². The van der Waals surface area contributed by atoms with E-state index in [0.717, 1.165) is 37.2 Å². The van der Waals surface area contributed by atoms with Crippen LogP contribution >= 0.6 is 0 Å². The number of rotatable bonds is 7. The third kappa shape index (κ3) is 3.87. The van der Waals surface area contributed by atoms with Crippen LogP contribution in [0.2, 0.25) is 0 Å². The van der Waals surface area contributed by atoms with Gasteiger partial charge in [0, 0.05) is 18.8 Å². The monoisotopic (exact) mass is 327 g/mol. The Morgan fingerprint density at radius 1 is 1.25 bits per heavy atom. The predicted octanol–water partition coefficient (Wildman–Crippen LogP) is 0.628.